The highest BCUT2D eigenvalue weighted by Gasteiger charge is 2.28. The van der Waals surface area contributed by atoms with Crippen LogP contribution in [0.4, 0.5) is 13.2 Å². The Kier molecular flexibility index (Phi) is 5.61. The summed E-state index contributed by atoms with van der Waals surface area (Å²) in [6.45, 7) is 0. The lowest BCUT2D eigenvalue weighted by Gasteiger charge is -2.15. The molecule has 0 spiro atoms. The molecule has 1 aliphatic carbocycles. The van der Waals surface area contributed by atoms with Crippen LogP contribution < -0.4 is 0 Å². The summed E-state index contributed by atoms with van der Waals surface area (Å²) in [5.41, 5.74) is -4.08. The Morgan fingerprint density at radius 1 is 1.20 bits per heavy atom. The molecular formula is C10H16ClF3S. The van der Waals surface area contributed by atoms with Crippen molar-refractivity contribution in [1.82, 2.24) is 0 Å². The SMILES string of the molecule is FC(F)(F)SCCC1CCCCC(Cl)C1. The van der Waals surface area contributed by atoms with Crippen LogP contribution in [0.15, 0.2) is 0 Å². The van der Waals surface area contributed by atoms with Gasteiger partial charge in [-0.3, -0.25) is 0 Å². The molecule has 5 heteroatoms. The zero-order valence-electron chi connectivity index (χ0n) is 8.52. The maximum absolute atomic E-state index is 11.9. The van der Waals surface area contributed by atoms with Gasteiger partial charge in [0, 0.05) is 11.1 Å². The molecule has 2 atom stereocenters. The third-order valence-corrected chi connectivity index (χ3v) is 3.92. The van der Waals surface area contributed by atoms with Crippen molar-refractivity contribution in [3.8, 4) is 0 Å². The third kappa shape index (κ3) is 6.56. The molecule has 0 N–H and O–H groups in total. The molecule has 90 valence electrons. The minimum Gasteiger partial charge on any atom is -0.160 e. The Morgan fingerprint density at radius 2 is 1.87 bits per heavy atom. The van der Waals surface area contributed by atoms with Gasteiger partial charge in [0.1, 0.15) is 0 Å². The molecule has 1 aliphatic rings. The smallest absolute Gasteiger partial charge is 0.160 e. The topological polar surface area (TPSA) is 0 Å². The van der Waals surface area contributed by atoms with E-state index in [2.05, 4.69) is 0 Å². The number of hydrogen-bond acceptors (Lipinski definition) is 1. The second kappa shape index (κ2) is 6.24. The van der Waals surface area contributed by atoms with Gasteiger partial charge in [-0.05, 0) is 25.2 Å². The third-order valence-electron chi connectivity index (χ3n) is 2.76. The fourth-order valence-electron chi connectivity index (χ4n) is 2.00. The lowest BCUT2D eigenvalue weighted by atomic mass is 9.98. The van der Waals surface area contributed by atoms with Crippen molar-refractivity contribution in [3.63, 3.8) is 0 Å². The molecule has 0 aromatic carbocycles. The first-order valence-corrected chi connectivity index (χ1v) is 6.74. The summed E-state index contributed by atoms with van der Waals surface area (Å²) < 4.78 is 35.7. The molecule has 0 saturated heterocycles. The van der Waals surface area contributed by atoms with Gasteiger partial charge in [0.15, 0.2) is 0 Å². The highest BCUT2D eigenvalue weighted by molar-refractivity contribution is 8.00. The zero-order chi connectivity index (χ0) is 11.3. The minimum atomic E-state index is -4.08. The van der Waals surface area contributed by atoms with E-state index in [0.717, 1.165) is 32.1 Å². The molecule has 0 aliphatic heterocycles. The van der Waals surface area contributed by atoms with Gasteiger partial charge in [0.25, 0.3) is 0 Å². The summed E-state index contributed by atoms with van der Waals surface area (Å²) in [7, 11) is 0. The molecule has 0 nitrogen and oxygen atoms in total. The second-order valence-corrected chi connectivity index (χ2v) is 5.84. The van der Waals surface area contributed by atoms with Crippen molar-refractivity contribution < 1.29 is 13.2 Å². The summed E-state index contributed by atoms with van der Waals surface area (Å²) in [5, 5.41) is 0.174. The van der Waals surface area contributed by atoms with Gasteiger partial charge in [-0.2, -0.15) is 13.2 Å². The Morgan fingerprint density at radius 3 is 2.53 bits per heavy atom. The maximum atomic E-state index is 11.9. The Hall–Kier alpha value is 0.430. The van der Waals surface area contributed by atoms with Crippen LogP contribution in [0.2, 0.25) is 0 Å². The van der Waals surface area contributed by atoms with Gasteiger partial charge >= 0.3 is 5.51 Å². The highest BCUT2D eigenvalue weighted by atomic mass is 35.5. The second-order valence-electron chi connectivity index (χ2n) is 4.07. The van der Waals surface area contributed by atoms with Crippen molar-refractivity contribution >= 4 is 23.4 Å². The number of thioether (sulfide) groups is 1. The van der Waals surface area contributed by atoms with Crippen molar-refractivity contribution in [3.05, 3.63) is 0 Å². The van der Waals surface area contributed by atoms with E-state index >= 15 is 0 Å². The summed E-state index contributed by atoms with van der Waals surface area (Å²) in [5.74, 6) is 0.572. The number of rotatable bonds is 3. The predicted molar refractivity (Wildman–Crippen MR) is 59.3 cm³/mol. The first-order chi connectivity index (χ1) is 6.97. The summed E-state index contributed by atoms with van der Waals surface area (Å²) in [6, 6.07) is 0. The van der Waals surface area contributed by atoms with Crippen LogP contribution in [0, 0.1) is 5.92 Å². The molecule has 1 fully saturated rings. The van der Waals surface area contributed by atoms with Crippen LogP contribution in [0.25, 0.3) is 0 Å². The van der Waals surface area contributed by atoms with Crippen molar-refractivity contribution in [1.29, 1.82) is 0 Å². The largest absolute Gasteiger partial charge is 0.441 e. The first-order valence-electron chi connectivity index (χ1n) is 5.32. The van der Waals surface area contributed by atoms with E-state index < -0.39 is 5.51 Å². The summed E-state index contributed by atoms with van der Waals surface area (Å²) >= 11 is 6.15. The minimum absolute atomic E-state index is 0.0922. The van der Waals surface area contributed by atoms with Crippen molar-refractivity contribution in [2.24, 2.45) is 5.92 Å². The number of hydrogen-bond donors (Lipinski definition) is 0. The van der Waals surface area contributed by atoms with Gasteiger partial charge in [-0.15, -0.1) is 11.6 Å². The molecule has 2 unspecified atom stereocenters. The molecule has 0 radical (unpaired) electrons. The van der Waals surface area contributed by atoms with E-state index in [9.17, 15) is 13.2 Å². The quantitative estimate of drug-likeness (QED) is 0.518. The van der Waals surface area contributed by atoms with Crippen molar-refractivity contribution in [2.75, 3.05) is 5.75 Å². The zero-order valence-corrected chi connectivity index (χ0v) is 10.1. The number of halogens is 4. The normalized spacial score (nSPS) is 28.8. The maximum Gasteiger partial charge on any atom is 0.441 e. The van der Waals surface area contributed by atoms with E-state index in [-0.39, 0.29) is 22.9 Å². The van der Waals surface area contributed by atoms with Gasteiger partial charge in [-0.1, -0.05) is 31.0 Å². The molecule has 0 bridgehead atoms. The van der Waals surface area contributed by atoms with Crippen LogP contribution in [-0.2, 0) is 0 Å². The molecule has 0 aromatic heterocycles. The van der Waals surface area contributed by atoms with Gasteiger partial charge < -0.3 is 0 Å². The fraction of sp³-hybridized carbons (Fsp3) is 1.00. The van der Waals surface area contributed by atoms with E-state index in [4.69, 9.17) is 11.6 Å². The molecule has 0 amide bonds. The van der Waals surface area contributed by atoms with Crippen molar-refractivity contribution in [2.45, 2.75) is 49.4 Å². The number of alkyl halides is 4. The van der Waals surface area contributed by atoms with E-state index in [1.54, 1.807) is 0 Å². The molecule has 1 saturated carbocycles. The average Bonchev–Trinajstić information content (AvgIpc) is 2.27. The molecular weight excluding hydrogens is 245 g/mol. The fourth-order valence-corrected chi connectivity index (χ4v) is 3.09. The van der Waals surface area contributed by atoms with Crippen LogP contribution in [0.1, 0.15) is 38.5 Å². The van der Waals surface area contributed by atoms with Crippen LogP contribution in [-0.4, -0.2) is 16.6 Å². The monoisotopic (exact) mass is 260 g/mol. The Balaban J connectivity index is 2.19. The van der Waals surface area contributed by atoms with Crippen LogP contribution in [0.3, 0.4) is 0 Å². The lowest BCUT2D eigenvalue weighted by Crippen LogP contribution is -2.09. The van der Waals surface area contributed by atoms with Crippen LogP contribution in [0.5, 0.6) is 0 Å². The summed E-state index contributed by atoms with van der Waals surface area (Å²) in [4.78, 5) is 0. The molecule has 0 aromatic rings. The first kappa shape index (κ1) is 13.5. The standard InChI is InChI=1S/C10H16ClF3S/c11-9-4-2-1-3-8(7-9)5-6-15-10(12,13)14/h8-9H,1-7H2. The highest BCUT2D eigenvalue weighted by Crippen LogP contribution is 2.34. The lowest BCUT2D eigenvalue weighted by molar-refractivity contribution is -0.0328. The predicted octanol–water partition coefficient (Wildman–Crippen LogP) is 4.82. The van der Waals surface area contributed by atoms with Gasteiger partial charge in [0.2, 0.25) is 0 Å². The molecule has 15 heavy (non-hydrogen) atoms. The summed E-state index contributed by atoms with van der Waals surface area (Å²) in [6.07, 6.45) is 5.83. The van der Waals surface area contributed by atoms with E-state index in [0.29, 0.717) is 12.3 Å². The van der Waals surface area contributed by atoms with Gasteiger partial charge in [-0.25, -0.2) is 0 Å². The van der Waals surface area contributed by atoms with Gasteiger partial charge in [0.05, 0.1) is 0 Å². The van der Waals surface area contributed by atoms with Crippen LogP contribution >= 0.6 is 23.4 Å². The molecule has 0 heterocycles. The Bertz CT molecular complexity index is 184. The van der Waals surface area contributed by atoms with E-state index in [1.165, 1.54) is 0 Å². The Labute approximate surface area is 97.9 Å². The van der Waals surface area contributed by atoms with E-state index in [1.807, 2.05) is 0 Å². The average molecular weight is 261 g/mol. The molecule has 1 rings (SSSR count).